The lowest BCUT2D eigenvalue weighted by Crippen LogP contribution is -2.44. The van der Waals surface area contributed by atoms with Crippen LogP contribution in [0.25, 0.3) is 0 Å². The second kappa shape index (κ2) is 4.33. The molecular weight excluding hydrogens is 254 g/mol. The van der Waals surface area contributed by atoms with Crippen molar-refractivity contribution < 1.29 is 14.7 Å². The van der Waals surface area contributed by atoms with Crippen molar-refractivity contribution in [2.24, 2.45) is 11.3 Å². The van der Waals surface area contributed by atoms with Crippen LogP contribution in [-0.2, 0) is 16.0 Å². The van der Waals surface area contributed by atoms with Gasteiger partial charge < -0.3 is 10.0 Å². The molecule has 1 saturated carbocycles. The van der Waals surface area contributed by atoms with Crippen LogP contribution >= 0.6 is 0 Å². The summed E-state index contributed by atoms with van der Waals surface area (Å²) in [5.41, 5.74) is 1.83. The number of fused-ring (bicyclic) bond motifs is 1. The first kappa shape index (κ1) is 13.2. The van der Waals surface area contributed by atoms with Crippen LogP contribution in [0.15, 0.2) is 24.3 Å². The molecule has 1 aromatic carbocycles. The van der Waals surface area contributed by atoms with E-state index in [1.54, 1.807) is 4.90 Å². The number of carbonyl (C=O) groups is 2. The van der Waals surface area contributed by atoms with Gasteiger partial charge in [0.05, 0.1) is 0 Å². The molecule has 1 fully saturated rings. The Hall–Kier alpha value is -1.84. The quantitative estimate of drug-likeness (QED) is 0.899. The first-order valence-electron chi connectivity index (χ1n) is 7.03. The van der Waals surface area contributed by atoms with E-state index in [0.717, 1.165) is 24.0 Å². The Morgan fingerprint density at radius 2 is 1.95 bits per heavy atom. The number of hydrogen-bond acceptors (Lipinski definition) is 2. The topological polar surface area (TPSA) is 57.6 Å². The predicted octanol–water partition coefficient (Wildman–Crippen LogP) is 2.24. The Morgan fingerprint density at radius 1 is 1.30 bits per heavy atom. The fourth-order valence-corrected chi connectivity index (χ4v) is 3.16. The van der Waals surface area contributed by atoms with Gasteiger partial charge in [0.1, 0.15) is 0 Å². The number of carboxylic acids is 1. The Kier molecular flexibility index (Phi) is 2.85. The maximum absolute atomic E-state index is 12.6. The highest BCUT2D eigenvalue weighted by Gasteiger charge is 2.53. The van der Waals surface area contributed by atoms with E-state index in [0.29, 0.717) is 6.54 Å². The molecule has 1 aromatic rings. The minimum atomic E-state index is -0.941. The van der Waals surface area contributed by atoms with Gasteiger partial charge in [-0.15, -0.1) is 0 Å². The zero-order valence-electron chi connectivity index (χ0n) is 11.8. The molecule has 2 aliphatic rings. The maximum atomic E-state index is 12.6. The summed E-state index contributed by atoms with van der Waals surface area (Å²) in [6.07, 6.45) is 1.59. The van der Waals surface area contributed by atoms with Gasteiger partial charge in [0.25, 0.3) is 0 Å². The van der Waals surface area contributed by atoms with E-state index < -0.39 is 12.0 Å². The van der Waals surface area contributed by atoms with Crippen LogP contribution < -0.4 is 0 Å². The fraction of sp³-hybridized carbons (Fsp3) is 0.500. The molecule has 0 spiro atoms. The van der Waals surface area contributed by atoms with Crippen molar-refractivity contribution in [1.82, 2.24) is 4.90 Å². The highest BCUT2D eigenvalue weighted by Crippen LogP contribution is 2.53. The third-order valence-corrected chi connectivity index (χ3v) is 4.61. The van der Waals surface area contributed by atoms with Crippen molar-refractivity contribution in [3.05, 3.63) is 35.4 Å². The number of benzene rings is 1. The van der Waals surface area contributed by atoms with Crippen molar-refractivity contribution in [3.63, 3.8) is 0 Å². The van der Waals surface area contributed by atoms with Crippen molar-refractivity contribution >= 4 is 11.9 Å². The summed E-state index contributed by atoms with van der Waals surface area (Å²) in [5.74, 6) is -0.963. The molecule has 1 amide bonds. The molecule has 1 unspecified atom stereocenters. The lowest BCUT2D eigenvalue weighted by molar-refractivity contribution is -0.152. The SMILES string of the molecule is CC1(C)C[C@@H]1C(=O)N1CCc2ccccc2C1C(=O)O. The summed E-state index contributed by atoms with van der Waals surface area (Å²) >= 11 is 0. The second-order valence-corrected chi connectivity index (χ2v) is 6.47. The number of rotatable bonds is 2. The molecule has 2 atom stereocenters. The monoisotopic (exact) mass is 273 g/mol. The Labute approximate surface area is 118 Å². The highest BCUT2D eigenvalue weighted by molar-refractivity contribution is 5.88. The third kappa shape index (κ3) is 1.99. The molecule has 3 rings (SSSR count). The molecule has 1 aliphatic heterocycles. The molecule has 106 valence electrons. The van der Waals surface area contributed by atoms with Gasteiger partial charge in [-0.05, 0) is 29.4 Å². The molecule has 0 radical (unpaired) electrons. The van der Waals surface area contributed by atoms with Crippen molar-refractivity contribution in [3.8, 4) is 0 Å². The Morgan fingerprint density at radius 3 is 2.55 bits per heavy atom. The maximum Gasteiger partial charge on any atom is 0.331 e. The van der Waals surface area contributed by atoms with Crippen LogP contribution in [0.1, 0.15) is 37.4 Å². The van der Waals surface area contributed by atoms with E-state index in [9.17, 15) is 14.7 Å². The van der Waals surface area contributed by atoms with Gasteiger partial charge in [-0.2, -0.15) is 0 Å². The van der Waals surface area contributed by atoms with E-state index in [4.69, 9.17) is 0 Å². The second-order valence-electron chi connectivity index (χ2n) is 6.47. The molecule has 20 heavy (non-hydrogen) atoms. The smallest absolute Gasteiger partial charge is 0.331 e. The molecule has 1 aliphatic carbocycles. The highest BCUT2D eigenvalue weighted by atomic mass is 16.4. The molecule has 4 nitrogen and oxygen atoms in total. The van der Waals surface area contributed by atoms with Gasteiger partial charge in [0, 0.05) is 12.5 Å². The number of hydrogen-bond donors (Lipinski definition) is 1. The van der Waals surface area contributed by atoms with E-state index >= 15 is 0 Å². The zero-order chi connectivity index (χ0) is 14.5. The average Bonchev–Trinajstić information content (AvgIpc) is 3.05. The zero-order valence-corrected chi connectivity index (χ0v) is 11.8. The summed E-state index contributed by atoms with van der Waals surface area (Å²) in [7, 11) is 0. The first-order valence-corrected chi connectivity index (χ1v) is 7.03. The summed E-state index contributed by atoms with van der Waals surface area (Å²) in [5, 5.41) is 9.54. The van der Waals surface area contributed by atoms with Gasteiger partial charge in [0.2, 0.25) is 5.91 Å². The molecule has 0 bridgehead atoms. The largest absolute Gasteiger partial charge is 0.479 e. The van der Waals surface area contributed by atoms with Crippen molar-refractivity contribution in [1.29, 1.82) is 0 Å². The number of carboxylic acid groups (broad SMARTS) is 1. The normalized spacial score (nSPS) is 26.8. The predicted molar refractivity (Wildman–Crippen MR) is 74.1 cm³/mol. The van der Waals surface area contributed by atoms with Crippen molar-refractivity contribution in [2.45, 2.75) is 32.7 Å². The van der Waals surface area contributed by atoms with Crippen LogP contribution in [0.2, 0.25) is 0 Å². The van der Waals surface area contributed by atoms with Crippen LogP contribution in [0.3, 0.4) is 0 Å². The van der Waals surface area contributed by atoms with Crippen LogP contribution in [0, 0.1) is 11.3 Å². The lowest BCUT2D eigenvalue weighted by atomic mass is 9.92. The summed E-state index contributed by atoms with van der Waals surface area (Å²) in [6.45, 7) is 4.62. The lowest BCUT2D eigenvalue weighted by Gasteiger charge is -2.35. The minimum absolute atomic E-state index is 0.00287. The van der Waals surface area contributed by atoms with Gasteiger partial charge in [0.15, 0.2) is 6.04 Å². The molecule has 0 aromatic heterocycles. The summed E-state index contributed by atoms with van der Waals surface area (Å²) < 4.78 is 0. The van der Waals surface area contributed by atoms with E-state index in [-0.39, 0.29) is 17.2 Å². The van der Waals surface area contributed by atoms with Gasteiger partial charge in [-0.1, -0.05) is 38.1 Å². The first-order chi connectivity index (χ1) is 9.42. The van der Waals surface area contributed by atoms with Crippen LogP contribution in [0.4, 0.5) is 0 Å². The Balaban J connectivity index is 1.93. The Bertz CT molecular complexity index is 579. The number of aliphatic carboxylic acids is 1. The molecule has 1 heterocycles. The van der Waals surface area contributed by atoms with Crippen molar-refractivity contribution in [2.75, 3.05) is 6.54 Å². The van der Waals surface area contributed by atoms with Gasteiger partial charge in [-0.25, -0.2) is 4.79 Å². The van der Waals surface area contributed by atoms with E-state index in [1.807, 2.05) is 24.3 Å². The van der Waals surface area contributed by atoms with E-state index in [1.165, 1.54) is 0 Å². The van der Waals surface area contributed by atoms with Crippen LogP contribution in [0.5, 0.6) is 0 Å². The summed E-state index contributed by atoms with van der Waals surface area (Å²) in [6, 6.07) is 6.70. The van der Waals surface area contributed by atoms with E-state index in [2.05, 4.69) is 13.8 Å². The van der Waals surface area contributed by atoms with Crippen LogP contribution in [-0.4, -0.2) is 28.4 Å². The average molecular weight is 273 g/mol. The molecule has 1 N–H and O–H groups in total. The standard InChI is InChI=1S/C16H19NO3/c1-16(2)9-12(16)14(18)17-8-7-10-5-3-4-6-11(10)13(17)15(19)20/h3-6,12-13H,7-9H2,1-2H3,(H,19,20)/t12-,13?/m1/s1. The minimum Gasteiger partial charge on any atom is -0.479 e. The van der Waals surface area contributed by atoms with Gasteiger partial charge >= 0.3 is 5.97 Å². The molecule has 4 heteroatoms. The fourth-order valence-electron chi connectivity index (χ4n) is 3.16. The molecule has 0 saturated heterocycles. The number of carbonyl (C=O) groups excluding carboxylic acids is 1. The number of nitrogens with zero attached hydrogens (tertiary/aromatic N) is 1. The third-order valence-electron chi connectivity index (χ3n) is 4.61. The number of amides is 1. The van der Waals surface area contributed by atoms with Gasteiger partial charge in [-0.3, -0.25) is 4.79 Å². The molecular formula is C16H19NO3. The summed E-state index contributed by atoms with van der Waals surface area (Å²) in [4.78, 5) is 25.8.